The molecule has 116 valence electrons. The SMILES string of the molecule is CCN(C(=O)Cc1ccc(OC)cc1OC)c1ccccc1. The predicted molar refractivity (Wildman–Crippen MR) is 87.7 cm³/mol. The molecule has 0 unspecified atom stereocenters. The van der Waals surface area contributed by atoms with Crippen LogP contribution in [0, 0.1) is 0 Å². The van der Waals surface area contributed by atoms with E-state index in [1.807, 2.05) is 49.4 Å². The zero-order chi connectivity index (χ0) is 15.9. The van der Waals surface area contributed by atoms with E-state index in [1.165, 1.54) is 0 Å². The Balaban J connectivity index is 2.20. The number of anilines is 1. The fourth-order valence-electron chi connectivity index (χ4n) is 2.37. The summed E-state index contributed by atoms with van der Waals surface area (Å²) in [6.45, 7) is 2.59. The highest BCUT2D eigenvalue weighted by atomic mass is 16.5. The van der Waals surface area contributed by atoms with Gasteiger partial charge in [0.2, 0.25) is 5.91 Å². The molecular formula is C18H21NO3. The van der Waals surface area contributed by atoms with Crippen molar-refractivity contribution in [1.82, 2.24) is 0 Å². The minimum atomic E-state index is 0.0390. The third kappa shape index (κ3) is 3.58. The van der Waals surface area contributed by atoms with Crippen LogP contribution in [-0.2, 0) is 11.2 Å². The van der Waals surface area contributed by atoms with E-state index in [2.05, 4.69) is 0 Å². The van der Waals surface area contributed by atoms with Crippen molar-refractivity contribution < 1.29 is 14.3 Å². The monoisotopic (exact) mass is 299 g/mol. The van der Waals surface area contributed by atoms with Gasteiger partial charge in [0.25, 0.3) is 0 Å². The average molecular weight is 299 g/mol. The zero-order valence-electron chi connectivity index (χ0n) is 13.2. The number of likely N-dealkylation sites (N-methyl/N-ethyl adjacent to an activating group) is 1. The molecular weight excluding hydrogens is 278 g/mol. The molecule has 22 heavy (non-hydrogen) atoms. The van der Waals surface area contributed by atoms with Gasteiger partial charge in [0.15, 0.2) is 0 Å². The van der Waals surface area contributed by atoms with Gasteiger partial charge < -0.3 is 14.4 Å². The molecule has 2 aromatic rings. The Morgan fingerprint density at radius 2 is 1.77 bits per heavy atom. The number of para-hydroxylation sites is 1. The van der Waals surface area contributed by atoms with Gasteiger partial charge in [-0.1, -0.05) is 24.3 Å². The normalized spacial score (nSPS) is 10.1. The molecule has 0 aliphatic rings. The molecule has 0 radical (unpaired) electrons. The van der Waals surface area contributed by atoms with Crippen LogP contribution in [-0.4, -0.2) is 26.7 Å². The Morgan fingerprint density at radius 1 is 1.05 bits per heavy atom. The molecule has 0 fully saturated rings. The molecule has 0 N–H and O–H groups in total. The lowest BCUT2D eigenvalue weighted by molar-refractivity contribution is -0.118. The first-order valence-electron chi connectivity index (χ1n) is 7.26. The van der Waals surface area contributed by atoms with Crippen molar-refractivity contribution in [3.05, 3.63) is 54.1 Å². The van der Waals surface area contributed by atoms with E-state index in [0.717, 1.165) is 11.3 Å². The minimum absolute atomic E-state index is 0.0390. The van der Waals surface area contributed by atoms with Gasteiger partial charge in [0, 0.05) is 23.9 Å². The molecule has 4 nitrogen and oxygen atoms in total. The molecule has 2 rings (SSSR count). The van der Waals surface area contributed by atoms with Crippen LogP contribution in [0.2, 0.25) is 0 Å². The number of amides is 1. The van der Waals surface area contributed by atoms with Crippen molar-refractivity contribution >= 4 is 11.6 Å². The molecule has 0 aromatic heterocycles. The smallest absolute Gasteiger partial charge is 0.231 e. The summed E-state index contributed by atoms with van der Waals surface area (Å²) in [6, 6.07) is 15.2. The summed E-state index contributed by atoms with van der Waals surface area (Å²) in [7, 11) is 3.20. The molecule has 2 aromatic carbocycles. The Bertz CT molecular complexity index is 625. The lowest BCUT2D eigenvalue weighted by atomic mass is 10.1. The molecule has 0 saturated heterocycles. The van der Waals surface area contributed by atoms with Crippen LogP contribution in [0.1, 0.15) is 12.5 Å². The number of hydrogen-bond acceptors (Lipinski definition) is 3. The van der Waals surface area contributed by atoms with Crippen molar-refractivity contribution in [2.45, 2.75) is 13.3 Å². The van der Waals surface area contributed by atoms with E-state index in [1.54, 1.807) is 25.2 Å². The van der Waals surface area contributed by atoms with Crippen LogP contribution < -0.4 is 14.4 Å². The standard InChI is InChI=1S/C18H21NO3/c1-4-19(15-8-6-5-7-9-15)18(20)12-14-10-11-16(21-2)13-17(14)22-3/h5-11,13H,4,12H2,1-3H3. The Kier molecular flexibility index (Phi) is 5.42. The Labute approximate surface area is 131 Å². The van der Waals surface area contributed by atoms with Gasteiger partial charge in [-0.05, 0) is 25.1 Å². The Morgan fingerprint density at radius 3 is 2.36 bits per heavy atom. The third-order valence-corrected chi connectivity index (χ3v) is 3.52. The third-order valence-electron chi connectivity index (χ3n) is 3.52. The molecule has 0 heterocycles. The highest BCUT2D eigenvalue weighted by Gasteiger charge is 2.16. The molecule has 0 bridgehead atoms. The van der Waals surface area contributed by atoms with Gasteiger partial charge in [0.1, 0.15) is 11.5 Å². The number of carbonyl (C=O) groups is 1. The summed E-state index contributed by atoms with van der Waals surface area (Å²) < 4.78 is 10.5. The molecule has 0 spiro atoms. The largest absolute Gasteiger partial charge is 0.497 e. The minimum Gasteiger partial charge on any atom is -0.497 e. The van der Waals surface area contributed by atoms with Gasteiger partial charge >= 0.3 is 0 Å². The first-order valence-corrected chi connectivity index (χ1v) is 7.26. The second kappa shape index (κ2) is 7.50. The number of carbonyl (C=O) groups excluding carboxylic acids is 1. The highest BCUT2D eigenvalue weighted by molar-refractivity contribution is 5.95. The van der Waals surface area contributed by atoms with E-state index in [0.29, 0.717) is 18.0 Å². The van der Waals surface area contributed by atoms with E-state index in [-0.39, 0.29) is 12.3 Å². The number of rotatable bonds is 6. The van der Waals surface area contributed by atoms with Gasteiger partial charge in [-0.25, -0.2) is 0 Å². The average Bonchev–Trinajstić information content (AvgIpc) is 2.57. The van der Waals surface area contributed by atoms with E-state index in [4.69, 9.17) is 9.47 Å². The summed E-state index contributed by atoms with van der Waals surface area (Å²) in [5, 5.41) is 0. The van der Waals surface area contributed by atoms with Gasteiger partial charge in [-0.3, -0.25) is 4.79 Å². The lowest BCUT2D eigenvalue weighted by Gasteiger charge is -2.21. The number of benzene rings is 2. The van der Waals surface area contributed by atoms with Gasteiger partial charge in [-0.2, -0.15) is 0 Å². The lowest BCUT2D eigenvalue weighted by Crippen LogP contribution is -2.32. The molecule has 4 heteroatoms. The van der Waals surface area contributed by atoms with Crippen LogP contribution in [0.3, 0.4) is 0 Å². The van der Waals surface area contributed by atoms with Crippen LogP contribution in [0.15, 0.2) is 48.5 Å². The number of hydrogen-bond donors (Lipinski definition) is 0. The maximum atomic E-state index is 12.6. The maximum absolute atomic E-state index is 12.6. The second-order valence-electron chi connectivity index (χ2n) is 4.83. The molecule has 0 aliphatic carbocycles. The number of ether oxygens (including phenoxy) is 2. The molecule has 1 amide bonds. The summed E-state index contributed by atoms with van der Waals surface area (Å²) >= 11 is 0. The highest BCUT2D eigenvalue weighted by Crippen LogP contribution is 2.26. The maximum Gasteiger partial charge on any atom is 0.231 e. The van der Waals surface area contributed by atoms with Crippen LogP contribution >= 0.6 is 0 Å². The van der Waals surface area contributed by atoms with Crippen molar-refractivity contribution in [3.8, 4) is 11.5 Å². The van der Waals surface area contributed by atoms with Gasteiger partial charge in [0.05, 0.1) is 20.6 Å². The molecule has 0 atom stereocenters. The quantitative estimate of drug-likeness (QED) is 0.821. The fraction of sp³-hybridized carbons (Fsp3) is 0.278. The van der Waals surface area contributed by atoms with Crippen molar-refractivity contribution in [1.29, 1.82) is 0 Å². The Hall–Kier alpha value is -2.49. The number of nitrogens with zero attached hydrogens (tertiary/aromatic N) is 1. The number of methoxy groups -OCH3 is 2. The van der Waals surface area contributed by atoms with E-state index < -0.39 is 0 Å². The van der Waals surface area contributed by atoms with Crippen molar-refractivity contribution in [2.75, 3.05) is 25.7 Å². The summed E-state index contributed by atoms with van der Waals surface area (Å²) in [5.41, 5.74) is 1.75. The van der Waals surface area contributed by atoms with E-state index in [9.17, 15) is 4.79 Å². The molecule has 0 saturated carbocycles. The molecule has 0 aliphatic heterocycles. The summed E-state index contributed by atoms with van der Waals surface area (Å²) in [5.74, 6) is 1.41. The predicted octanol–water partition coefficient (Wildman–Crippen LogP) is 3.30. The second-order valence-corrected chi connectivity index (χ2v) is 4.83. The summed E-state index contributed by atoms with van der Waals surface area (Å²) in [4.78, 5) is 14.4. The van der Waals surface area contributed by atoms with E-state index >= 15 is 0 Å². The van der Waals surface area contributed by atoms with Crippen LogP contribution in [0.25, 0.3) is 0 Å². The topological polar surface area (TPSA) is 38.8 Å². The zero-order valence-corrected chi connectivity index (χ0v) is 13.2. The van der Waals surface area contributed by atoms with Crippen molar-refractivity contribution in [3.63, 3.8) is 0 Å². The first kappa shape index (κ1) is 15.9. The van der Waals surface area contributed by atoms with Crippen molar-refractivity contribution in [2.24, 2.45) is 0 Å². The summed E-state index contributed by atoms with van der Waals surface area (Å²) in [6.07, 6.45) is 0.288. The fourth-order valence-corrected chi connectivity index (χ4v) is 2.37. The van der Waals surface area contributed by atoms with Crippen LogP contribution in [0.4, 0.5) is 5.69 Å². The first-order chi connectivity index (χ1) is 10.7. The van der Waals surface area contributed by atoms with Crippen LogP contribution in [0.5, 0.6) is 11.5 Å². The van der Waals surface area contributed by atoms with Gasteiger partial charge in [-0.15, -0.1) is 0 Å².